The fraction of sp³-hybridized carbons (Fsp3) is 0.286. The Hall–Kier alpha value is -2.17. The van der Waals surface area contributed by atoms with Crippen molar-refractivity contribution in [3.63, 3.8) is 0 Å². The van der Waals surface area contributed by atoms with E-state index in [1.165, 1.54) is 0 Å². The molecule has 0 aliphatic rings. The van der Waals surface area contributed by atoms with E-state index in [2.05, 4.69) is 21.1 Å². The molecule has 6 nitrogen and oxygen atoms in total. The molecule has 2 aromatic rings. The molecule has 1 heterocycles. The van der Waals surface area contributed by atoms with Crippen LogP contribution >= 0.6 is 0 Å². The van der Waals surface area contributed by atoms with E-state index in [0.717, 1.165) is 10.9 Å². The molecule has 0 bridgehead atoms. The minimum Gasteiger partial charge on any atom is -0.368 e. The van der Waals surface area contributed by atoms with Crippen LogP contribution in [0, 0.1) is 11.3 Å². The molecule has 0 amide bonds. The molecule has 7 heteroatoms. The summed E-state index contributed by atoms with van der Waals surface area (Å²) in [5, 5.41) is 13.0. The predicted molar refractivity (Wildman–Crippen MR) is 82.4 cm³/mol. The van der Waals surface area contributed by atoms with Gasteiger partial charge in [0.05, 0.1) is 16.8 Å². The van der Waals surface area contributed by atoms with Gasteiger partial charge in [-0.15, -0.1) is 0 Å². The second-order valence-corrected chi connectivity index (χ2v) is 6.36. The first-order valence-corrected chi connectivity index (χ1v) is 8.22. The van der Waals surface area contributed by atoms with Crippen LogP contribution in [0.25, 0.3) is 10.9 Å². The number of sulfonamides is 1. The van der Waals surface area contributed by atoms with Crippen LogP contribution in [0.5, 0.6) is 0 Å². The summed E-state index contributed by atoms with van der Waals surface area (Å²) in [4.78, 5) is 4.36. The third-order valence-electron chi connectivity index (χ3n) is 2.87. The number of anilines is 1. The van der Waals surface area contributed by atoms with Gasteiger partial charge >= 0.3 is 0 Å². The van der Waals surface area contributed by atoms with Gasteiger partial charge in [0.1, 0.15) is 11.9 Å². The Morgan fingerprint density at radius 2 is 2.10 bits per heavy atom. The predicted octanol–water partition coefficient (Wildman–Crippen LogP) is 1.46. The number of aromatic nitrogens is 1. The van der Waals surface area contributed by atoms with Gasteiger partial charge in [0, 0.05) is 18.5 Å². The molecule has 0 unspecified atom stereocenters. The van der Waals surface area contributed by atoms with Gasteiger partial charge in [-0.25, -0.2) is 18.1 Å². The molecule has 1 aromatic heterocycles. The molecule has 0 radical (unpaired) electrons. The lowest BCUT2D eigenvalue weighted by molar-refractivity contribution is 0.584. The number of hydrogen-bond acceptors (Lipinski definition) is 5. The van der Waals surface area contributed by atoms with Gasteiger partial charge in [0.25, 0.3) is 0 Å². The summed E-state index contributed by atoms with van der Waals surface area (Å²) in [5.41, 5.74) is 1.16. The van der Waals surface area contributed by atoms with Crippen LogP contribution in [-0.4, -0.2) is 32.2 Å². The highest BCUT2D eigenvalue weighted by atomic mass is 32.2. The Labute approximate surface area is 123 Å². The summed E-state index contributed by atoms with van der Waals surface area (Å²) >= 11 is 0. The number of pyridine rings is 1. The molecule has 2 N–H and O–H groups in total. The number of benzene rings is 1. The van der Waals surface area contributed by atoms with E-state index in [9.17, 15) is 8.42 Å². The molecule has 0 spiro atoms. The number of nitrogens with one attached hydrogen (secondary N) is 2. The molecule has 0 aliphatic heterocycles. The maximum absolute atomic E-state index is 11.6. The van der Waals surface area contributed by atoms with E-state index in [1.54, 1.807) is 13.0 Å². The van der Waals surface area contributed by atoms with Crippen LogP contribution in [0.4, 0.5) is 5.82 Å². The van der Waals surface area contributed by atoms with Gasteiger partial charge in [0.15, 0.2) is 0 Å². The highest BCUT2D eigenvalue weighted by molar-refractivity contribution is 7.89. The van der Waals surface area contributed by atoms with Crippen LogP contribution < -0.4 is 10.0 Å². The minimum absolute atomic E-state index is 0.0692. The maximum Gasteiger partial charge on any atom is 0.213 e. The van der Waals surface area contributed by atoms with Gasteiger partial charge in [-0.05, 0) is 12.1 Å². The average Bonchev–Trinajstić information content (AvgIpc) is 2.46. The largest absolute Gasteiger partial charge is 0.368 e. The van der Waals surface area contributed by atoms with Crippen LogP contribution in [0.2, 0.25) is 0 Å². The number of hydrogen-bond donors (Lipinski definition) is 2. The maximum atomic E-state index is 11.6. The van der Waals surface area contributed by atoms with Gasteiger partial charge in [-0.2, -0.15) is 5.26 Å². The summed E-state index contributed by atoms with van der Waals surface area (Å²) < 4.78 is 25.5. The van der Waals surface area contributed by atoms with Crippen molar-refractivity contribution in [3.05, 3.63) is 35.9 Å². The lowest BCUT2D eigenvalue weighted by atomic mass is 10.1. The Morgan fingerprint density at radius 1 is 1.33 bits per heavy atom. The summed E-state index contributed by atoms with van der Waals surface area (Å²) in [6.07, 6.45) is 0. The smallest absolute Gasteiger partial charge is 0.213 e. The zero-order valence-electron chi connectivity index (χ0n) is 11.6. The van der Waals surface area contributed by atoms with Gasteiger partial charge < -0.3 is 5.32 Å². The fourth-order valence-corrected chi connectivity index (χ4v) is 2.89. The third kappa shape index (κ3) is 3.90. The van der Waals surface area contributed by atoms with E-state index < -0.39 is 10.0 Å². The van der Waals surface area contributed by atoms with Gasteiger partial charge in [-0.1, -0.05) is 25.1 Å². The van der Waals surface area contributed by atoms with Crippen molar-refractivity contribution in [2.75, 3.05) is 24.2 Å². The monoisotopic (exact) mass is 304 g/mol. The first-order chi connectivity index (χ1) is 10.1. The topological polar surface area (TPSA) is 94.9 Å². The highest BCUT2D eigenvalue weighted by Crippen LogP contribution is 2.19. The Kier molecular flexibility index (Phi) is 4.73. The van der Waals surface area contributed by atoms with Crippen LogP contribution in [0.15, 0.2) is 30.3 Å². The average molecular weight is 304 g/mol. The van der Waals surface area contributed by atoms with Crippen molar-refractivity contribution in [3.8, 4) is 6.07 Å². The molecule has 110 valence electrons. The SMILES string of the molecule is CCNS(=O)(=O)CCNc1nc2ccccc2cc1C#N. The molecule has 0 aliphatic carbocycles. The van der Waals surface area contributed by atoms with E-state index in [1.807, 2.05) is 24.3 Å². The molecule has 2 rings (SSSR count). The van der Waals surface area contributed by atoms with Gasteiger partial charge in [-0.3, -0.25) is 0 Å². The van der Waals surface area contributed by atoms with E-state index >= 15 is 0 Å². The number of rotatable bonds is 6. The van der Waals surface area contributed by atoms with Crippen LogP contribution in [0.1, 0.15) is 12.5 Å². The first kappa shape index (κ1) is 15.2. The zero-order valence-corrected chi connectivity index (χ0v) is 12.4. The lowest BCUT2D eigenvalue weighted by Crippen LogP contribution is -2.29. The zero-order chi connectivity index (χ0) is 15.3. The van der Waals surface area contributed by atoms with Crippen molar-refractivity contribution >= 4 is 26.7 Å². The van der Waals surface area contributed by atoms with Crippen molar-refractivity contribution in [1.82, 2.24) is 9.71 Å². The van der Waals surface area contributed by atoms with E-state index in [-0.39, 0.29) is 12.3 Å². The van der Waals surface area contributed by atoms with Crippen LogP contribution in [0.3, 0.4) is 0 Å². The fourth-order valence-electron chi connectivity index (χ4n) is 1.93. The summed E-state index contributed by atoms with van der Waals surface area (Å²) in [6, 6.07) is 11.3. The van der Waals surface area contributed by atoms with Crippen molar-refractivity contribution in [2.24, 2.45) is 0 Å². The summed E-state index contributed by atoms with van der Waals surface area (Å²) in [6.45, 7) is 2.28. The van der Waals surface area contributed by atoms with Crippen molar-refractivity contribution < 1.29 is 8.42 Å². The van der Waals surface area contributed by atoms with E-state index in [0.29, 0.717) is 17.9 Å². The van der Waals surface area contributed by atoms with Crippen molar-refractivity contribution in [1.29, 1.82) is 5.26 Å². The van der Waals surface area contributed by atoms with Crippen molar-refractivity contribution in [2.45, 2.75) is 6.92 Å². The molecule has 0 saturated carbocycles. The first-order valence-electron chi connectivity index (χ1n) is 6.57. The molecular formula is C14H16N4O2S. The molecule has 0 saturated heterocycles. The number of para-hydroxylation sites is 1. The van der Waals surface area contributed by atoms with Gasteiger partial charge in [0.2, 0.25) is 10.0 Å². The molecule has 21 heavy (non-hydrogen) atoms. The highest BCUT2D eigenvalue weighted by Gasteiger charge is 2.10. The lowest BCUT2D eigenvalue weighted by Gasteiger charge is -2.09. The molecular weight excluding hydrogens is 288 g/mol. The van der Waals surface area contributed by atoms with E-state index in [4.69, 9.17) is 5.26 Å². The standard InChI is InChI=1S/C14H16N4O2S/c1-2-17-21(19,20)8-7-16-14-12(10-15)9-11-5-3-4-6-13(11)18-14/h3-6,9,17H,2,7-8H2,1H3,(H,16,18). The second kappa shape index (κ2) is 6.52. The summed E-state index contributed by atoms with van der Waals surface area (Å²) in [7, 11) is -3.29. The molecule has 1 aromatic carbocycles. The molecule has 0 fully saturated rings. The van der Waals surface area contributed by atoms with Crippen LogP contribution in [-0.2, 0) is 10.0 Å². The minimum atomic E-state index is -3.29. The Balaban J connectivity index is 2.16. The normalized spacial score (nSPS) is 11.2. The Morgan fingerprint density at radius 3 is 2.81 bits per heavy atom. The quantitative estimate of drug-likeness (QED) is 0.842. The number of fused-ring (bicyclic) bond motifs is 1. The number of nitriles is 1. The summed E-state index contributed by atoms with van der Waals surface area (Å²) in [5.74, 6) is 0.336. The third-order valence-corrected chi connectivity index (χ3v) is 4.34. The number of nitrogens with zero attached hydrogens (tertiary/aromatic N) is 2. The second-order valence-electron chi connectivity index (χ2n) is 4.43. The molecule has 0 atom stereocenters. The Bertz CT molecular complexity index is 781.